The number of nitrogens with one attached hydrogen (secondary N) is 1. The van der Waals surface area contributed by atoms with E-state index in [1.54, 1.807) is 0 Å². The largest absolute Gasteiger partial charge is 0.336 e. The lowest BCUT2D eigenvalue weighted by atomic mass is 9.92. The van der Waals surface area contributed by atoms with Crippen LogP contribution < -0.4 is 5.32 Å². The number of carbonyl (C=O) groups excluding carboxylic acids is 1. The molecule has 1 amide bonds. The van der Waals surface area contributed by atoms with Crippen LogP contribution in [0.15, 0.2) is 0 Å². The van der Waals surface area contributed by atoms with Crippen molar-refractivity contribution in [1.29, 1.82) is 0 Å². The van der Waals surface area contributed by atoms with Gasteiger partial charge in [0.1, 0.15) is 0 Å². The third kappa shape index (κ3) is 2.55. The van der Waals surface area contributed by atoms with E-state index in [1.807, 2.05) is 0 Å². The highest BCUT2D eigenvalue weighted by molar-refractivity contribution is 8.00. The molecule has 1 saturated carbocycles. The summed E-state index contributed by atoms with van der Waals surface area (Å²) in [4.78, 5) is 14.9. The molecule has 0 aromatic rings. The van der Waals surface area contributed by atoms with E-state index in [9.17, 15) is 4.79 Å². The topological polar surface area (TPSA) is 32.3 Å². The lowest BCUT2D eigenvalue weighted by Crippen LogP contribution is -2.57. The first-order valence-corrected chi connectivity index (χ1v) is 8.56. The van der Waals surface area contributed by atoms with Crippen LogP contribution in [0.5, 0.6) is 0 Å². The number of amides is 1. The highest BCUT2D eigenvalue weighted by Crippen LogP contribution is 2.36. The maximum atomic E-state index is 12.7. The van der Waals surface area contributed by atoms with Gasteiger partial charge >= 0.3 is 0 Å². The number of thioether (sulfide) groups is 1. The van der Waals surface area contributed by atoms with Gasteiger partial charge < -0.3 is 10.2 Å². The zero-order chi connectivity index (χ0) is 12.4. The molecule has 3 rings (SSSR count). The second-order valence-electron chi connectivity index (χ2n) is 5.80. The number of hydrogen-bond donors (Lipinski definition) is 1. The molecule has 3 unspecified atom stereocenters. The Morgan fingerprint density at radius 3 is 2.78 bits per heavy atom. The average molecular weight is 268 g/mol. The molecule has 3 fully saturated rings. The highest BCUT2D eigenvalue weighted by Gasteiger charge is 2.38. The van der Waals surface area contributed by atoms with E-state index in [0.29, 0.717) is 11.9 Å². The zero-order valence-corrected chi connectivity index (χ0v) is 11.9. The van der Waals surface area contributed by atoms with Gasteiger partial charge in [0, 0.05) is 23.6 Å². The van der Waals surface area contributed by atoms with E-state index in [1.165, 1.54) is 38.5 Å². The van der Waals surface area contributed by atoms with Crippen LogP contribution in [0.2, 0.25) is 0 Å². The Kier molecular flexibility index (Phi) is 4.14. The minimum atomic E-state index is 0.115. The van der Waals surface area contributed by atoms with E-state index < -0.39 is 0 Å². The fourth-order valence-electron chi connectivity index (χ4n) is 3.63. The highest BCUT2D eigenvalue weighted by atomic mass is 32.2. The summed E-state index contributed by atoms with van der Waals surface area (Å²) in [6, 6.07) is 0.651. The molecule has 2 heterocycles. The van der Waals surface area contributed by atoms with Gasteiger partial charge in [-0.3, -0.25) is 4.79 Å². The number of carbonyl (C=O) groups is 1. The molecule has 0 aromatic heterocycles. The summed E-state index contributed by atoms with van der Waals surface area (Å²) in [6.45, 7) is 2.00. The fourth-order valence-corrected chi connectivity index (χ4v) is 5.08. The Bertz CT molecular complexity index is 302. The Hall–Kier alpha value is -0.220. The van der Waals surface area contributed by atoms with Gasteiger partial charge in [-0.2, -0.15) is 11.8 Å². The third-order valence-corrected chi connectivity index (χ3v) is 6.02. The molecule has 0 radical (unpaired) electrons. The molecular weight excluding hydrogens is 244 g/mol. The van der Waals surface area contributed by atoms with Crippen molar-refractivity contribution in [3.05, 3.63) is 0 Å². The maximum absolute atomic E-state index is 12.7. The summed E-state index contributed by atoms with van der Waals surface area (Å²) in [5.74, 6) is 1.53. The monoisotopic (exact) mass is 268 g/mol. The maximum Gasteiger partial charge on any atom is 0.240 e. The summed E-state index contributed by atoms with van der Waals surface area (Å²) in [7, 11) is 0. The van der Waals surface area contributed by atoms with E-state index in [0.717, 1.165) is 30.5 Å². The van der Waals surface area contributed by atoms with Gasteiger partial charge in [0.15, 0.2) is 0 Å². The lowest BCUT2D eigenvalue weighted by Gasteiger charge is -2.45. The Morgan fingerprint density at radius 1 is 1.11 bits per heavy atom. The SMILES string of the molecule is O=C(C1CCCCN1)N1CCSC2CCCCC21. The fraction of sp³-hybridized carbons (Fsp3) is 0.929. The van der Waals surface area contributed by atoms with Crippen LogP contribution in [0.1, 0.15) is 44.9 Å². The molecule has 18 heavy (non-hydrogen) atoms. The number of nitrogens with zero attached hydrogens (tertiary/aromatic N) is 1. The molecule has 3 aliphatic rings. The molecule has 0 bridgehead atoms. The summed E-state index contributed by atoms with van der Waals surface area (Å²) in [5.41, 5.74) is 0. The lowest BCUT2D eigenvalue weighted by molar-refractivity contribution is -0.136. The normalized spacial score (nSPS) is 37.1. The Labute approximate surface area is 114 Å². The van der Waals surface area contributed by atoms with Crippen molar-refractivity contribution in [3.8, 4) is 0 Å². The first-order valence-electron chi connectivity index (χ1n) is 7.52. The van der Waals surface area contributed by atoms with Crippen molar-refractivity contribution in [3.63, 3.8) is 0 Å². The number of fused-ring (bicyclic) bond motifs is 1. The number of piperidine rings is 1. The number of rotatable bonds is 1. The second-order valence-corrected chi connectivity index (χ2v) is 7.14. The van der Waals surface area contributed by atoms with Crippen LogP contribution in [0.25, 0.3) is 0 Å². The van der Waals surface area contributed by atoms with Gasteiger partial charge in [0.25, 0.3) is 0 Å². The molecule has 4 heteroatoms. The predicted molar refractivity (Wildman–Crippen MR) is 75.9 cm³/mol. The minimum absolute atomic E-state index is 0.115. The van der Waals surface area contributed by atoms with E-state index in [2.05, 4.69) is 22.0 Å². The van der Waals surface area contributed by atoms with Crippen molar-refractivity contribution < 1.29 is 4.79 Å². The van der Waals surface area contributed by atoms with Crippen molar-refractivity contribution >= 4 is 17.7 Å². The molecule has 102 valence electrons. The standard InChI is InChI=1S/C14H24N2OS/c17-14(11-5-3-4-8-15-11)16-9-10-18-13-7-2-1-6-12(13)16/h11-13,15H,1-10H2. The van der Waals surface area contributed by atoms with Crippen molar-refractivity contribution in [2.24, 2.45) is 0 Å². The van der Waals surface area contributed by atoms with Gasteiger partial charge in [0.05, 0.1) is 6.04 Å². The van der Waals surface area contributed by atoms with Gasteiger partial charge in [-0.1, -0.05) is 19.3 Å². The summed E-state index contributed by atoms with van der Waals surface area (Å²) in [5, 5.41) is 4.14. The molecule has 2 aliphatic heterocycles. The summed E-state index contributed by atoms with van der Waals surface area (Å²) in [6.07, 6.45) is 8.69. The smallest absolute Gasteiger partial charge is 0.240 e. The Morgan fingerprint density at radius 2 is 1.94 bits per heavy atom. The van der Waals surface area contributed by atoms with Crippen LogP contribution in [0.4, 0.5) is 0 Å². The van der Waals surface area contributed by atoms with Crippen LogP contribution in [0, 0.1) is 0 Å². The summed E-state index contributed by atoms with van der Waals surface area (Å²) >= 11 is 2.10. The minimum Gasteiger partial charge on any atom is -0.336 e. The molecule has 1 aliphatic carbocycles. The van der Waals surface area contributed by atoms with Crippen molar-refractivity contribution in [2.75, 3.05) is 18.8 Å². The van der Waals surface area contributed by atoms with Crippen LogP contribution in [-0.4, -0.2) is 47.0 Å². The first kappa shape index (κ1) is 12.8. The zero-order valence-electron chi connectivity index (χ0n) is 11.1. The third-order valence-electron chi connectivity index (χ3n) is 4.62. The molecule has 2 saturated heterocycles. The van der Waals surface area contributed by atoms with Crippen LogP contribution in [-0.2, 0) is 4.79 Å². The second kappa shape index (κ2) is 5.83. The van der Waals surface area contributed by atoms with Crippen molar-refractivity contribution in [2.45, 2.75) is 62.3 Å². The first-order chi connectivity index (χ1) is 8.86. The quantitative estimate of drug-likeness (QED) is 0.789. The van der Waals surface area contributed by atoms with Crippen LogP contribution >= 0.6 is 11.8 Å². The van der Waals surface area contributed by atoms with Gasteiger partial charge in [-0.05, 0) is 32.2 Å². The van der Waals surface area contributed by atoms with Gasteiger partial charge in [-0.25, -0.2) is 0 Å². The van der Waals surface area contributed by atoms with E-state index >= 15 is 0 Å². The van der Waals surface area contributed by atoms with Gasteiger partial charge in [0.2, 0.25) is 5.91 Å². The van der Waals surface area contributed by atoms with E-state index in [4.69, 9.17) is 0 Å². The van der Waals surface area contributed by atoms with Crippen molar-refractivity contribution in [1.82, 2.24) is 10.2 Å². The predicted octanol–water partition coefficient (Wildman–Crippen LogP) is 2.02. The molecule has 0 aromatic carbocycles. The Balaban J connectivity index is 1.67. The molecule has 1 N–H and O–H groups in total. The molecule has 3 atom stereocenters. The van der Waals surface area contributed by atoms with Crippen LogP contribution in [0.3, 0.4) is 0 Å². The summed E-state index contributed by atoms with van der Waals surface area (Å²) < 4.78 is 0. The number of hydrogen-bond acceptors (Lipinski definition) is 3. The molecule has 3 nitrogen and oxygen atoms in total. The molecular formula is C14H24N2OS. The van der Waals surface area contributed by atoms with Gasteiger partial charge in [-0.15, -0.1) is 0 Å². The average Bonchev–Trinajstić information content (AvgIpc) is 2.47. The van der Waals surface area contributed by atoms with E-state index in [-0.39, 0.29) is 6.04 Å². The molecule has 0 spiro atoms.